The molecule has 0 aromatic carbocycles. The van der Waals surface area contributed by atoms with Crippen LogP contribution in [0.25, 0.3) is 0 Å². The molecule has 0 saturated carbocycles. The molecule has 0 bridgehead atoms. The van der Waals surface area contributed by atoms with E-state index in [0.717, 1.165) is 32.5 Å². The normalized spacial score (nSPS) is 19.7. The molecule has 1 aliphatic heterocycles. The van der Waals surface area contributed by atoms with E-state index in [0.29, 0.717) is 12.0 Å². The molecule has 1 aromatic rings. The Labute approximate surface area is 127 Å². The van der Waals surface area contributed by atoms with Gasteiger partial charge in [0.15, 0.2) is 0 Å². The maximum atomic E-state index is 5.84. The molecule has 3 nitrogen and oxygen atoms in total. The van der Waals surface area contributed by atoms with Crippen LogP contribution in [-0.2, 0) is 24.1 Å². The molecule has 20 heavy (non-hydrogen) atoms. The van der Waals surface area contributed by atoms with Crippen molar-refractivity contribution in [1.29, 1.82) is 0 Å². The molecule has 0 spiro atoms. The fraction of sp³-hybridized carbons (Fsp3) is 0.812. The second-order valence-corrected chi connectivity index (χ2v) is 7.22. The Morgan fingerprint density at radius 2 is 2.25 bits per heavy atom. The number of ether oxygens (including phenoxy) is 1. The second-order valence-electron chi connectivity index (χ2n) is 6.05. The van der Waals surface area contributed by atoms with Gasteiger partial charge in [-0.3, -0.25) is 0 Å². The van der Waals surface area contributed by atoms with E-state index in [1.165, 1.54) is 34.8 Å². The van der Waals surface area contributed by atoms with Gasteiger partial charge in [0.05, 0.1) is 16.8 Å². The first-order chi connectivity index (χ1) is 9.69. The van der Waals surface area contributed by atoms with Gasteiger partial charge in [-0.15, -0.1) is 11.3 Å². The van der Waals surface area contributed by atoms with Crippen LogP contribution >= 0.6 is 11.3 Å². The number of nitrogens with one attached hydrogen (secondary N) is 1. The SMILES string of the molecule is CCNCc1sc(CC2CCCCO2)nc1CC(C)C. The van der Waals surface area contributed by atoms with E-state index in [2.05, 4.69) is 26.1 Å². The summed E-state index contributed by atoms with van der Waals surface area (Å²) in [5, 5.41) is 4.70. The number of nitrogens with zero attached hydrogens (tertiary/aromatic N) is 1. The lowest BCUT2D eigenvalue weighted by atomic mass is 10.1. The Kier molecular flexibility index (Phi) is 6.46. The third-order valence-corrected chi connectivity index (χ3v) is 4.76. The van der Waals surface area contributed by atoms with Gasteiger partial charge in [0, 0.05) is 24.4 Å². The first kappa shape index (κ1) is 15.9. The topological polar surface area (TPSA) is 34.1 Å². The lowest BCUT2D eigenvalue weighted by Gasteiger charge is -2.21. The molecule has 1 unspecified atom stereocenters. The van der Waals surface area contributed by atoms with Crippen molar-refractivity contribution < 1.29 is 4.74 Å². The van der Waals surface area contributed by atoms with Crippen molar-refractivity contribution in [3.63, 3.8) is 0 Å². The summed E-state index contributed by atoms with van der Waals surface area (Å²) >= 11 is 1.88. The lowest BCUT2D eigenvalue weighted by molar-refractivity contribution is 0.0167. The molecule has 1 fully saturated rings. The van der Waals surface area contributed by atoms with Crippen LogP contribution in [0.4, 0.5) is 0 Å². The largest absolute Gasteiger partial charge is 0.378 e. The minimum Gasteiger partial charge on any atom is -0.378 e. The van der Waals surface area contributed by atoms with Gasteiger partial charge in [0.1, 0.15) is 0 Å². The van der Waals surface area contributed by atoms with E-state index in [9.17, 15) is 0 Å². The summed E-state index contributed by atoms with van der Waals surface area (Å²) < 4.78 is 5.84. The van der Waals surface area contributed by atoms with Crippen LogP contribution in [0.2, 0.25) is 0 Å². The van der Waals surface area contributed by atoms with Crippen molar-refractivity contribution >= 4 is 11.3 Å². The third kappa shape index (κ3) is 4.83. The first-order valence-electron chi connectivity index (χ1n) is 7.98. The van der Waals surface area contributed by atoms with Crippen LogP contribution in [0.1, 0.15) is 55.6 Å². The number of hydrogen-bond acceptors (Lipinski definition) is 4. The molecule has 2 rings (SSSR count). The van der Waals surface area contributed by atoms with Crippen molar-refractivity contribution in [2.75, 3.05) is 13.2 Å². The van der Waals surface area contributed by atoms with E-state index in [1.807, 2.05) is 11.3 Å². The highest BCUT2D eigenvalue weighted by atomic mass is 32.1. The first-order valence-corrected chi connectivity index (χ1v) is 8.80. The molecule has 1 aromatic heterocycles. The summed E-state index contributed by atoms with van der Waals surface area (Å²) in [6.07, 6.45) is 6.21. The summed E-state index contributed by atoms with van der Waals surface area (Å²) in [6.45, 7) is 9.58. The van der Waals surface area contributed by atoms with Crippen LogP contribution in [0.5, 0.6) is 0 Å². The van der Waals surface area contributed by atoms with Crippen LogP contribution in [0.3, 0.4) is 0 Å². The van der Waals surface area contributed by atoms with Crippen molar-refractivity contribution in [3.05, 3.63) is 15.6 Å². The molecule has 1 atom stereocenters. The third-order valence-electron chi connectivity index (χ3n) is 3.64. The number of rotatable bonds is 7. The molecule has 1 saturated heterocycles. The molecule has 0 radical (unpaired) electrons. The Morgan fingerprint density at radius 1 is 1.40 bits per heavy atom. The molecule has 1 aliphatic rings. The maximum absolute atomic E-state index is 5.84. The van der Waals surface area contributed by atoms with Crippen molar-refractivity contribution in [2.24, 2.45) is 5.92 Å². The number of aromatic nitrogens is 1. The Hall–Kier alpha value is -0.450. The molecule has 1 N–H and O–H groups in total. The maximum Gasteiger partial charge on any atom is 0.0957 e. The smallest absolute Gasteiger partial charge is 0.0957 e. The van der Waals surface area contributed by atoms with Crippen LogP contribution in [0.15, 0.2) is 0 Å². The molecule has 114 valence electrons. The summed E-state index contributed by atoms with van der Waals surface area (Å²) in [7, 11) is 0. The fourth-order valence-electron chi connectivity index (χ4n) is 2.61. The van der Waals surface area contributed by atoms with Crippen LogP contribution in [-0.4, -0.2) is 24.2 Å². The van der Waals surface area contributed by atoms with E-state index >= 15 is 0 Å². The van der Waals surface area contributed by atoms with Gasteiger partial charge in [-0.05, 0) is 38.1 Å². The Bertz CT molecular complexity index is 397. The quantitative estimate of drug-likeness (QED) is 0.835. The molecule has 2 heterocycles. The summed E-state index contributed by atoms with van der Waals surface area (Å²) in [4.78, 5) is 6.32. The van der Waals surface area contributed by atoms with E-state index in [4.69, 9.17) is 9.72 Å². The van der Waals surface area contributed by atoms with Crippen LogP contribution < -0.4 is 5.32 Å². The highest BCUT2D eigenvalue weighted by Gasteiger charge is 2.18. The van der Waals surface area contributed by atoms with Crippen LogP contribution in [0, 0.1) is 5.92 Å². The highest BCUT2D eigenvalue weighted by molar-refractivity contribution is 7.11. The van der Waals surface area contributed by atoms with Gasteiger partial charge in [-0.25, -0.2) is 4.98 Å². The minimum absolute atomic E-state index is 0.397. The predicted molar refractivity (Wildman–Crippen MR) is 85.3 cm³/mol. The van der Waals surface area contributed by atoms with Gasteiger partial charge < -0.3 is 10.1 Å². The molecule has 4 heteroatoms. The fourth-order valence-corrected chi connectivity index (χ4v) is 3.74. The molecule has 0 aliphatic carbocycles. The Morgan fingerprint density at radius 3 is 2.90 bits per heavy atom. The number of thiazole rings is 1. The second kappa shape index (κ2) is 8.11. The Balaban J connectivity index is 2.02. The summed E-state index contributed by atoms with van der Waals surface area (Å²) in [5.41, 5.74) is 1.30. The standard InChI is InChI=1S/C16H28N2OS/c1-4-17-11-15-14(9-12(2)3)18-16(20-15)10-13-7-5-6-8-19-13/h12-13,17H,4-11H2,1-3H3. The van der Waals surface area contributed by atoms with Gasteiger partial charge >= 0.3 is 0 Å². The van der Waals surface area contributed by atoms with Gasteiger partial charge in [0.25, 0.3) is 0 Å². The number of hydrogen-bond donors (Lipinski definition) is 1. The molecular formula is C16H28N2OS. The van der Waals surface area contributed by atoms with Crippen molar-refractivity contribution in [3.8, 4) is 0 Å². The van der Waals surface area contributed by atoms with E-state index in [-0.39, 0.29) is 0 Å². The van der Waals surface area contributed by atoms with E-state index < -0.39 is 0 Å². The zero-order valence-corrected chi connectivity index (χ0v) is 13.9. The monoisotopic (exact) mass is 296 g/mol. The van der Waals surface area contributed by atoms with Crippen molar-refractivity contribution in [1.82, 2.24) is 10.3 Å². The summed E-state index contributed by atoms with van der Waals surface area (Å²) in [5.74, 6) is 0.663. The minimum atomic E-state index is 0.397. The van der Waals surface area contributed by atoms with Gasteiger partial charge in [0.2, 0.25) is 0 Å². The van der Waals surface area contributed by atoms with Gasteiger partial charge in [-0.1, -0.05) is 20.8 Å². The lowest BCUT2D eigenvalue weighted by Crippen LogP contribution is -2.21. The molecular weight excluding hydrogens is 268 g/mol. The average molecular weight is 296 g/mol. The predicted octanol–water partition coefficient (Wildman–Crippen LogP) is 3.56. The average Bonchev–Trinajstić information content (AvgIpc) is 2.78. The van der Waals surface area contributed by atoms with Crippen molar-refractivity contribution in [2.45, 2.75) is 65.5 Å². The summed E-state index contributed by atoms with van der Waals surface area (Å²) in [6, 6.07) is 0. The highest BCUT2D eigenvalue weighted by Crippen LogP contribution is 2.25. The zero-order chi connectivity index (χ0) is 14.4. The molecule has 0 amide bonds. The zero-order valence-electron chi connectivity index (χ0n) is 13.1. The van der Waals surface area contributed by atoms with E-state index in [1.54, 1.807) is 0 Å². The van der Waals surface area contributed by atoms with Gasteiger partial charge in [-0.2, -0.15) is 0 Å².